The molecule has 1 N–H and O–H groups in total. The van der Waals surface area contributed by atoms with Gasteiger partial charge in [0, 0.05) is 24.2 Å². The number of nitrogens with one attached hydrogen (secondary N) is 1. The molecule has 2 heteroatoms. The summed E-state index contributed by atoms with van der Waals surface area (Å²) in [6.07, 6.45) is 6.86. The largest absolute Gasteiger partial charge is 0.307 e. The van der Waals surface area contributed by atoms with Crippen molar-refractivity contribution in [2.45, 2.75) is 70.1 Å². The highest BCUT2D eigenvalue weighted by Gasteiger charge is 2.36. The smallest absolute Gasteiger partial charge is 0.0345 e. The van der Waals surface area contributed by atoms with E-state index in [2.05, 4.69) is 61.4 Å². The predicted octanol–water partition coefficient (Wildman–Crippen LogP) is 3.99. The van der Waals surface area contributed by atoms with Gasteiger partial charge in [0.2, 0.25) is 0 Å². The second kappa shape index (κ2) is 6.50. The average molecular weight is 286 g/mol. The fraction of sp³-hybridized carbons (Fsp3) is 0.684. The van der Waals surface area contributed by atoms with Crippen LogP contribution >= 0.6 is 0 Å². The summed E-state index contributed by atoms with van der Waals surface area (Å²) < 4.78 is 0. The van der Waals surface area contributed by atoms with Gasteiger partial charge >= 0.3 is 0 Å². The number of hydrogen-bond donors (Lipinski definition) is 1. The molecule has 0 aromatic heterocycles. The van der Waals surface area contributed by atoms with Gasteiger partial charge in [-0.2, -0.15) is 0 Å². The molecule has 3 rings (SSSR count). The zero-order valence-electron chi connectivity index (χ0n) is 13.8. The van der Waals surface area contributed by atoms with Crippen LogP contribution in [0.3, 0.4) is 0 Å². The predicted molar refractivity (Wildman–Crippen MR) is 89.4 cm³/mol. The molecular formula is C19H30N2. The summed E-state index contributed by atoms with van der Waals surface area (Å²) in [7, 11) is 2.34. The van der Waals surface area contributed by atoms with Crippen molar-refractivity contribution in [3.05, 3.63) is 35.9 Å². The van der Waals surface area contributed by atoms with Crippen LogP contribution in [-0.2, 0) is 0 Å². The van der Waals surface area contributed by atoms with Crippen LogP contribution in [0.25, 0.3) is 0 Å². The molecule has 0 amide bonds. The molecule has 0 spiro atoms. The summed E-state index contributed by atoms with van der Waals surface area (Å²) in [4.78, 5) is 2.65. The van der Waals surface area contributed by atoms with Crippen molar-refractivity contribution in [2.75, 3.05) is 7.05 Å². The first kappa shape index (κ1) is 15.1. The number of benzene rings is 1. The van der Waals surface area contributed by atoms with Gasteiger partial charge < -0.3 is 10.2 Å². The maximum Gasteiger partial charge on any atom is 0.0345 e. The van der Waals surface area contributed by atoms with E-state index in [9.17, 15) is 0 Å². The second-order valence-corrected chi connectivity index (χ2v) is 7.37. The standard InChI is InChI=1S/C19H30N2/c1-14(2)19(15-8-5-4-6-9-15)20-16-12-17-10-7-11-18(13-16)21(17)3/h4-6,8-9,14,16-20H,7,10-13H2,1-3H3. The van der Waals surface area contributed by atoms with Crippen LogP contribution in [0.5, 0.6) is 0 Å². The van der Waals surface area contributed by atoms with Crippen molar-refractivity contribution in [3.8, 4) is 0 Å². The van der Waals surface area contributed by atoms with Crippen LogP contribution in [0.4, 0.5) is 0 Å². The zero-order chi connectivity index (χ0) is 14.8. The average Bonchev–Trinajstić information content (AvgIpc) is 2.46. The molecule has 3 unspecified atom stereocenters. The Balaban J connectivity index is 1.69. The Labute approximate surface area is 129 Å². The van der Waals surface area contributed by atoms with E-state index in [1.807, 2.05) is 0 Å². The summed E-state index contributed by atoms with van der Waals surface area (Å²) in [6.45, 7) is 4.67. The SMILES string of the molecule is CC(C)C(NC1CC2CCCC(C1)N2C)c1ccccc1. The van der Waals surface area contributed by atoms with E-state index >= 15 is 0 Å². The maximum absolute atomic E-state index is 3.99. The van der Waals surface area contributed by atoms with Gasteiger partial charge in [-0.05, 0) is 44.2 Å². The Kier molecular flexibility index (Phi) is 4.66. The minimum Gasteiger partial charge on any atom is -0.307 e. The molecule has 0 radical (unpaired) electrons. The van der Waals surface area contributed by atoms with Gasteiger partial charge in [-0.3, -0.25) is 0 Å². The first-order chi connectivity index (χ1) is 10.1. The van der Waals surface area contributed by atoms with Crippen molar-refractivity contribution in [1.82, 2.24) is 10.2 Å². The molecule has 2 fully saturated rings. The Bertz CT molecular complexity index is 428. The van der Waals surface area contributed by atoms with Gasteiger partial charge in [-0.25, -0.2) is 0 Å². The Hall–Kier alpha value is -0.860. The third kappa shape index (κ3) is 3.32. The number of piperidine rings is 2. The Morgan fingerprint density at radius 3 is 2.24 bits per heavy atom. The molecule has 2 aliphatic heterocycles. The van der Waals surface area contributed by atoms with Crippen LogP contribution in [0.2, 0.25) is 0 Å². The van der Waals surface area contributed by atoms with E-state index in [0.717, 1.165) is 12.1 Å². The van der Waals surface area contributed by atoms with E-state index in [-0.39, 0.29) is 0 Å². The molecule has 116 valence electrons. The number of rotatable bonds is 4. The van der Waals surface area contributed by atoms with Crippen LogP contribution in [0, 0.1) is 5.92 Å². The summed E-state index contributed by atoms with van der Waals surface area (Å²) >= 11 is 0. The van der Waals surface area contributed by atoms with Gasteiger partial charge in [0.1, 0.15) is 0 Å². The Morgan fingerprint density at radius 2 is 1.67 bits per heavy atom. The lowest BCUT2D eigenvalue weighted by atomic mass is 9.81. The van der Waals surface area contributed by atoms with Crippen molar-refractivity contribution < 1.29 is 0 Å². The van der Waals surface area contributed by atoms with E-state index < -0.39 is 0 Å². The van der Waals surface area contributed by atoms with Crippen molar-refractivity contribution >= 4 is 0 Å². The van der Waals surface area contributed by atoms with Gasteiger partial charge in [-0.1, -0.05) is 50.6 Å². The first-order valence-electron chi connectivity index (χ1n) is 8.68. The highest BCUT2D eigenvalue weighted by Crippen LogP contribution is 2.34. The highest BCUT2D eigenvalue weighted by molar-refractivity contribution is 5.19. The molecule has 1 aromatic carbocycles. The molecule has 2 nitrogen and oxygen atoms in total. The number of hydrogen-bond acceptors (Lipinski definition) is 2. The normalized spacial score (nSPS) is 31.3. The van der Waals surface area contributed by atoms with Gasteiger partial charge in [-0.15, -0.1) is 0 Å². The maximum atomic E-state index is 3.99. The fourth-order valence-electron chi connectivity index (χ4n) is 4.34. The van der Waals surface area contributed by atoms with Crippen LogP contribution in [0.1, 0.15) is 57.6 Å². The van der Waals surface area contributed by atoms with Crippen molar-refractivity contribution in [1.29, 1.82) is 0 Å². The highest BCUT2D eigenvalue weighted by atomic mass is 15.2. The molecule has 0 saturated carbocycles. The molecule has 2 bridgehead atoms. The zero-order valence-corrected chi connectivity index (χ0v) is 13.8. The van der Waals surface area contributed by atoms with Gasteiger partial charge in [0.15, 0.2) is 0 Å². The van der Waals surface area contributed by atoms with E-state index in [1.54, 1.807) is 0 Å². The second-order valence-electron chi connectivity index (χ2n) is 7.37. The summed E-state index contributed by atoms with van der Waals surface area (Å²) in [5.74, 6) is 0.631. The summed E-state index contributed by atoms with van der Waals surface area (Å²) in [6, 6.07) is 13.8. The molecule has 21 heavy (non-hydrogen) atoms. The van der Waals surface area contributed by atoms with Crippen molar-refractivity contribution in [3.63, 3.8) is 0 Å². The molecule has 3 atom stereocenters. The van der Waals surface area contributed by atoms with Gasteiger partial charge in [0.05, 0.1) is 0 Å². The van der Waals surface area contributed by atoms with Crippen molar-refractivity contribution in [2.24, 2.45) is 5.92 Å². The number of fused-ring (bicyclic) bond motifs is 2. The lowest BCUT2D eigenvalue weighted by molar-refractivity contribution is 0.0440. The van der Waals surface area contributed by atoms with Crippen LogP contribution in [0.15, 0.2) is 30.3 Å². The summed E-state index contributed by atoms with van der Waals surface area (Å²) in [5, 5.41) is 3.99. The van der Waals surface area contributed by atoms with Crippen LogP contribution in [-0.4, -0.2) is 30.1 Å². The molecular weight excluding hydrogens is 256 g/mol. The van der Waals surface area contributed by atoms with E-state index in [4.69, 9.17) is 0 Å². The molecule has 0 aliphatic carbocycles. The molecule has 1 aromatic rings. The first-order valence-corrected chi connectivity index (χ1v) is 8.68. The van der Waals surface area contributed by atoms with Gasteiger partial charge in [0.25, 0.3) is 0 Å². The summed E-state index contributed by atoms with van der Waals surface area (Å²) in [5.41, 5.74) is 1.44. The van der Waals surface area contributed by atoms with E-state index in [0.29, 0.717) is 18.0 Å². The molecule has 2 aliphatic rings. The minimum atomic E-state index is 0.486. The quantitative estimate of drug-likeness (QED) is 0.900. The lowest BCUT2D eigenvalue weighted by Gasteiger charge is -2.48. The topological polar surface area (TPSA) is 15.3 Å². The number of nitrogens with zero attached hydrogens (tertiary/aromatic N) is 1. The minimum absolute atomic E-state index is 0.486. The fourth-order valence-corrected chi connectivity index (χ4v) is 4.34. The Morgan fingerprint density at radius 1 is 1.05 bits per heavy atom. The van der Waals surface area contributed by atoms with E-state index in [1.165, 1.54) is 37.7 Å². The third-order valence-corrected chi connectivity index (χ3v) is 5.58. The molecule has 2 saturated heterocycles. The van der Waals surface area contributed by atoms with Crippen LogP contribution < -0.4 is 5.32 Å². The monoisotopic (exact) mass is 286 g/mol. The molecule has 2 heterocycles. The third-order valence-electron chi connectivity index (χ3n) is 5.58. The lowest BCUT2D eigenvalue weighted by Crippen LogP contribution is -2.55.